The van der Waals surface area contributed by atoms with Crippen LogP contribution in [0.5, 0.6) is 0 Å². The summed E-state index contributed by atoms with van der Waals surface area (Å²) in [7, 11) is 0. The number of rotatable bonds is 6. The van der Waals surface area contributed by atoms with Crippen molar-refractivity contribution in [3.8, 4) is 0 Å². The molecule has 0 aliphatic carbocycles. The van der Waals surface area contributed by atoms with Gasteiger partial charge in [0.25, 0.3) is 0 Å². The fraction of sp³-hybridized carbons (Fsp3) is 0.278. The number of thiocarbonyl (C=S) groups is 1. The van der Waals surface area contributed by atoms with Gasteiger partial charge in [-0.05, 0) is 48.7 Å². The molecule has 110 valence electrons. The predicted octanol–water partition coefficient (Wildman–Crippen LogP) is 3.24. The summed E-state index contributed by atoms with van der Waals surface area (Å²) in [6, 6.07) is 18.9. The van der Waals surface area contributed by atoms with Crippen molar-refractivity contribution in [1.82, 2.24) is 10.6 Å². The highest BCUT2D eigenvalue weighted by atomic mass is 32.1. The lowest BCUT2D eigenvalue weighted by Crippen LogP contribution is -2.37. The van der Waals surface area contributed by atoms with E-state index < -0.39 is 0 Å². The third-order valence-corrected chi connectivity index (χ3v) is 3.77. The quantitative estimate of drug-likeness (QED) is 0.801. The molecule has 3 heteroatoms. The summed E-state index contributed by atoms with van der Waals surface area (Å²) in [6.45, 7) is 3.87. The van der Waals surface area contributed by atoms with E-state index in [0.29, 0.717) is 0 Å². The Morgan fingerprint density at radius 3 is 2.19 bits per heavy atom. The minimum absolute atomic E-state index is 0.736. The molecule has 0 heterocycles. The second-order valence-corrected chi connectivity index (χ2v) is 5.50. The van der Waals surface area contributed by atoms with E-state index in [9.17, 15) is 0 Å². The average Bonchev–Trinajstić information content (AvgIpc) is 2.50. The normalized spacial score (nSPS) is 10.1. The molecule has 0 saturated carbocycles. The van der Waals surface area contributed by atoms with E-state index >= 15 is 0 Å². The summed E-state index contributed by atoms with van der Waals surface area (Å²) < 4.78 is 0. The van der Waals surface area contributed by atoms with Crippen molar-refractivity contribution in [3.63, 3.8) is 0 Å². The van der Waals surface area contributed by atoms with Crippen LogP contribution in [0.3, 0.4) is 0 Å². The van der Waals surface area contributed by atoms with E-state index in [1.54, 1.807) is 0 Å². The summed E-state index contributed by atoms with van der Waals surface area (Å²) in [5.74, 6) is 0. The van der Waals surface area contributed by atoms with Gasteiger partial charge in [-0.2, -0.15) is 0 Å². The van der Waals surface area contributed by atoms with Gasteiger partial charge in [-0.25, -0.2) is 0 Å². The Labute approximate surface area is 132 Å². The average molecular weight is 298 g/mol. The lowest BCUT2D eigenvalue weighted by molar-refractivity contribution is 0.800. The van der Waals surface area contributed by atoms with E-state index in [-0.39, 0.29) is 0 Å². The molecule has 0 atom stereocenters. The third-order valence-electron chi connectivity index (χ3n) is 3.48. The second kappa shape index (κ2) is 8.42. The summed E-state index contributed by atoms with van der Waals surface area (Å²) in [5, 5.41) is 7.25. The zero-order valence-electron chi connectivity index (χ0n) is 12.4. The Bertz CT molecular complexity index is 566. The molecule has 2 rings (SSSR count). The lowest BCUT2D eigenvalue weighted by Gasteiger charge is -2.11. The fourth-order valence-electron chi connectivity index (χ4n) is 2.23. The second-order valence-electron chi connectivity index (χ2n) is 5.09. The van der Waals surface area contributed by atoms with Gasteiger partial charge in [-0.15, -0.1) is 0 Å². The molecule has 0 bridgehead atoms. The van der Waals surface area contributed by atoms with Gasteiger partial charge in [0.2, 0.25) is 0 Å². The van der Waals surface area contributed by atoms with Crippen LogP contribution in [0, 0.1) is 6.92 Å². The zero-order valence-corrected chi connectivity index (χ0v) is 13.2. The molecular weight excluding hydrogens is 276 g/mol. The molecule has 0 aromatic heterocycles. The van der Waals surface area contributed by atoms with Crippen LogP contribution in [0.25, 0.3) is 0 Å². The van der Waals surface area contributed by atoms with Gasteiger partial charge in [0.15, 0.2) is 5.11 Å². The summed E-state index contributed by atoms with van der Waals surface area (Å²) in [5.41, 5.74) is 4.03. The lowest BCUT2D eigenvalue weighted by atomic mass is 10.1. The topological polar surface area (TPSA) is 24.1 Å². The number of nitrogens with one attached hydrogen (secondary N) is 2. The van der Waals surface area contributed by atoms with Gasteiger partial charge in [-0.3, -0.25) is 0 Å². The molecule has 21 heavy (non-hydrogen) atoms. The smallest absolute Gasteiger partial charge is 0.166 e. The minimum atomic E-state index is 0.736. The molecule has 0 radical (unpaired) electrons. The Kier molecular flexibility index (Phi) is 6.22. The molecule has 0 fully saturated rings. The van der Waals surface area contributed by atoms with Crippen molar-refractivity contribution in [2.24, 2.45) is 0 Å². The predicted molar refractivity (Wildman–Crippen MR) is 93.6 cm³/mol. The molecule has 0 aliphatic heterocycles. The molecule has 0 amide bonds. The molecule has 2 aromatic rings. The summed E-state index contributed by atoms with van der Waals surface area (Å²) in [4.78, 5) is 0. The largest absolute Gasteiger partial charge is 0.362 e. The molecular formula is C18H22N2S. The van der Waals surface area contributed by atoms with E-state index in [4.69, 9.17) is 12.2 Å². The van der Waals surface area contributed by atoms with Crippen molar-refractivity contribution < 1.29 is 0 Å². The molecule has 0 saturated heterocycles. The standard InChI is InChI=1S/C18H22N2S/c1-15-7-5-6-10-17(15)12-14-20-18(21)19-13-11-16-8-3-2-4-9-16/h2-10H,11-14H2,1H3,(H2,19,20,21). The monoisotopic (exact) mass is 298 g/mol. The van der Waals surface area contributed by atoms with E-state index in [0.717, 1.165) is 31.0 Å². The highest BCUT2D eigenvalue weighted by Gasteiger charge is 1.99. The highest BCUT2D eigenvalue weighted by Crippen LogP contribution is 2.06. The van der Waals surface area contributed by atoms with Crippen LogP contribution < -0.4 is 10.6 Å². The number of hydrogen-bond donors (Lipinski definition) is 2. The first-order chi connectivity index (χ1) is 10.3. The van der Waals surface area contributed by atoms with Crippen LogP contribution in [-0.2, 0) is 12.8 Å². The summed E-state index contributed by atoms with van der Waals surface area (Å²) >= 11 is 5.30. The molecule has 2 nitrogen and oxygen atoms in total. The minimum Gasteiger partial charge on any atom is -0.362 e. The summed E-state index contributed by atoms with van der Waals surface area (Å²) in [6.07, 6.45) is 1.98. The van der Waals surface area contributed by atoms with E-state index in [2.05, 4.69) is 66.1 Å². The molecule has 0 spiro atoms. The Hall–Kier alpha value is -1.87. The van der Waals surface area contributed by atoms with Crippen LogP contribution in [0.1, 0.15) is 16.7 Å². The fourth-order valence-corrected chi connectivity index (χ4v) is 2.43. The number of aryl methyl sites for hydroxylation is 1. The van der Waals surface area contributed by atoms with Gasteiger partial charge >= 0.3 is 0 Å². The van der Waals surface area contributed by atoms with Crippen molar-refractivity contribution in [2.45, 2.75) is 19.8 Å². The molecule has 0 aliphatic rings. The van der Waals surface area contributed by atoms with Gasteiger partial charge in [0.1, 0.15) is 0 Å². The van der Waals surface area contributed by atoms with Gasteiger partial charge in [0, 0.05) is 13.1 Å². The van der Waals surface area contributed by atoms with Crippen LogP contribution in [0.15, 0.2) is 54.6 Å². The van der Waals surface area contributed by atoms with Gasteiger partial charge in [0.05, 0.1) is 0 Å². The van der Waals surface area contributed by atoms with Crippen molar-refractivity contribution in [3.05, 3.63) is 71.3 Å². The van der Waals surface area contributed by atoms with E-state index in [1.807, 2.05) is 6.07 Å². The number of benzene rings is 2. The van der Waals surface area contributed by atoms with Crippen LogP contribution >= 0.6 is 12.2 Å². The highest BCUT2D eigenvalue weighted by molar-refractivity contribution is 7.80. The van der Waals surface area contributed by atoms with Crippen molar-refractivity contribution in [1.29, 1.82) is 0 Å². The SMILES string of the molecule is Cc1ccccc1CCNC(=S)NCCc1ccccc1. The van der Waals surface area contributed by atoms with Crippen molar-refractivity contribution in [2.75, 3.05) is 13.1 Å². The third kappa shape index (κ3) is 5.56. The first kappa shape index (κ1) is 15.5. The molecule has 0 unspecified atom stereocenters. The maximum atomic E-state index is 5.30. The Morgan fingerprint density at radius 2 is 1.48 bits per heavy atom. The van der Waals surface area contributed by atoms with Gasteiger partial charge in [-0.1, -0.05) is 54.6 Å². The molecule has 2 N–H and O–H groups in total. The van der Waals surface area contributed by atoms with Crippen LogP contribution in [0.2, 0.25) is 0 Å². The zero-order chi connectivity index (χ0) is 14.9. The molecule has 2 aromatic carbocycles. The van der Waals surface area contributed by atoms with E-state index in [1.165, 1.54) is 16.7 Å². The first-order valence-corrected chi connectivity index (χ1v) is 7.76. The maximum Gasteiger partial charge on any atom is 0.166 e. The van der Waals surface area contributed by atoms with Crippen LogP contribution in [0.4, 0.5) is 0 Å². The Balaban J connectivity index is 1.63. The first-order valence-electron chi connectivity index (χ1n) is 7.36. The Morgan fingerprint density at radius 1 is 0.857 bits per heavy atom. The van der Waals surface area contributed by atoms with Crippen molar-refractivity contribution >= 4 is 17.3 Å². The number of hydrogen-bond acceptors (Lipinski definition) is 1. The van der Waals surface area contributed by atoms with Gasteiger partial charge < -0.3 is 10.6 Å². The maximum absolute atomic E-state index is 5.30. The van der Waals surface area contributed by atoms with Crippen LogP contribution in [-0.4, -0.2) is 18.2 Å².